The molecule has 0 aliphatic rings. The van der Waals surface area contributed by atoms with Crippen LogP contribution >= 0.6 is 11.8 Å². The molecule has 1 N–H and O–H groups in total. The van der Waals surface area contributed by atoms with Crippen LogP contribution in [0.3, 0.4) is 0 Å². The Balaban J connectivity index is 1.90. The zero-order valence-corrected chi connectivity index (χ0v) is 15.2. The minimum absolute atomic E-state index is 0.00711. The van der Waals surface area contributed by atoms with E-state index in [1.807, 2.05) is 4.57 Å². The standard InChI is InChI=1S/C17H24N4OS/c1-11(2)21-10-19-20-17(21)23-9-16(22)18-8-15-13(4)6-12(3)7-14(15)5/h6-7,10-11H,8-9H2,1-5H3,(H,18,22). The van der Waals surface area contributed by atoms with Gasteiger partial charge < -0.3 is 9.88 Å². The van der Waals surface area contributed by atoms with Crippen LogP contribution in [-0.4, -0.2) is 26.4 Å². The molecule has 1 heterocycles. The Kier molecular flexibility index (Phi) is 5.82. The van der Waals surface area contributed by atoms with Crippen molar-refractivity contribution < 1.29 is 4.79 Å². The van der Waals surface area contributed by atoms with Gasteiger partial charge in [-0.3, -0.25) is 4.79 Å². The van der Waals surface area contributed by atoms with Gasteiger partial charge in [-0.15, -0.1) is 10.2 Å². The molecule has 1 aromatic carbocycles. The Labute approximate surface area is 141 Å². The van der Waals surface area contributed by atoms with Gasteiger partial charge in [-0.05, 0) is 51.3 Å². The summed E-state index contributed by atoms with van der Waals surface area (Å²) in [6.07, 6.45) is 1.70. The van der Waals surface area contributed by atoms with Gasteiger partial charge in [0.1, 0.15) is 6.33 Å². The summed E-state index contributed by atoms with van der Waals surface area (Å²) in [7, 11) is 0. The first-order chi connectivity index (χ1) is 10.9. The number of aryl methyl sites for hydroxylation is 3. The van der Waals surface area contributed by atoms with Crippen LogP contribution in [0.4, 0.5) is 0 Å². The van der Waals surface area contributed by atoms with Crippen LogP contribution in [0.2, 0.25) is 0 Å². The molecule has 5 nitrogen and oxygen atoms in total. The third kappa shape index (κ3) is 4.58. The lowest BCUT2D eigenvalue weighted by Crippen LogP contribution is -2.25. The Morgan fingerprint density at radius 2 is 1.91 bits per heavy atom. The van der Waals surface area contributed by atoms with Gasteiger partial charge in [-0.2, -0.15) is 0 Å². The van der Waals surface area contributed by atoms with Gasteiger partial charge in [0.2, 0.25) is 5.91 Å². The fourth-order valence-electron chi connectivity index (χ4n) is 2.55. The topological polar surface area (TPSA) is 59.8 Å². The number of benzene rings is 1. The first kappa shape index (κ1) is 17.5. The summed E-state index contributed by atoms with van der Waals surface area (Å²) >= 11 is 1.41. The predicted molar refractivity (Wildman–Crippen MR) is 93.6 cm³/mol. The summed E-state index contributed by atoms with van der Waals surface area (Å²) in [4.78, 5) is 12.1. The van der Waals surface area contributed by atoms with Crippen molar-refractivity contribution in [3.63, 3.8) is 0 Å². The normalized spacial score (nSPS) is 11.0. The number of aromatic nitrogens is 3. The van der Waals surface area contributed by atoms with E-state index in [2.05, 4.69) is 62.3 Å². The molecular weight excluding hydrogens is 308 g/mol. The van der Waals surface area contributed by atoms with Gasteiger partial charge in [0.05, 0.1) is 5.75 Å². The number of rotatable bonds is 6. The van der Waals surface area contributed by atoms with E-state index in [0.717, 1.165) is 5.16 Å². The molecule has 0 aliphatic heterocycles. The van der Waals surface area contributed by atoms with Crippen molar-refractivity contribution in [2.75, 3.05) is 5.75 Å². The molecule has 0 spiro atoms. The van der Waals surface area contributed by atoms with Crippen molar-refractivity contribution in [2.24, 2.45) is 0 Å². The summed E-state index contributed by atoms with van der Waals surface area (Å²) in [6, 6.07) is 4.58. The lowest BCUT2D eigenvalue weighted by atomic mass is 10.00. The van der Waals surface area contributed by atoms with Gasteiger partial charge >= 0.3 is 0 Å². The minimum atomic E-state index is 0.00711. The summed E-state index contributed by atoms with van der Waals surface area (Å²) < 4.78 is 1.96. The van der Waals surface area contributed by atoms with Crippen LogP contribution in [0, 0.1) is 20.8 Å². The maximum absolute atomic E-state index is 12.1. The molecule has 23 heavy (non-hydrogen) atoms. The summed E-state index contributed by atoms with van der Waals surface area (Å²) in [5.41, 5.74) is 4.88. The fourth-order valence-corrected chi connectivity index (χ4v) is 3.42. The highest BCUT2D eigenvalue weighted by molar-refractivity contribution is 7.99. The van der Waals surface area contributed by atoms with Gasteiger partial charge in [0.25, 0.3) is 0 Å². The van der Waals surface area contributed by atoms with Crippen molar-refractivity contribution in [1.82, 2.24) is 20.1 Å². The Morgan fingerprint density at radius 1 is 1.26 bits per heavy atom. The largest absolute Gasteiger partial charge is 0.351 e. The molecule has 0 radical (unpaired) electrons. The van der Waals surface area contributed by atoms with E-state index in [1.165, 1.54) is 34.0 Å². The quantitative estimate of drug-likeness (QED) is 0.825. The maximum Gasteiger partial charge on any atom is 0.230 e. The Morgan fingerprint density at radius 3 is 2.52 bits per heavy atom. The molecule has 1 aromatic heterocycles. The van der Waals surface area contributed by atoms with Gasteiger partial charge in [0, 0.05) is 12.6 Å². The van der Waals surface area contributed by atoms with Crippen LogP contribution in [0.25, 0.3) is 0 Å². The molecule has 0 bridgehead atoms. The molecule has 2 rings (SSSR count). The summed E-state index contributed by atoms with van der Waals surface area (Å²) in [5.74, 6) is 0.350. The first-order valence-electron chi connectivity index (χ1n) is 7.74. The van der Waals surface area contributed by atoms with E-state index in [1.54, 1.807) is 6.33 Å². The number of carbonyl (C=O) groups excluding carboxylic acids is 1. The second kappa shape index (κ2) is 7.64. The average Bonchev–Trinajstić information content (AvgIpc) is 2.92. The van der Waals surface area contributed by atoms with Crippen LogP contribution in [0.1, 0.15) is 42.1 Å². The van der Waals surface area contributed by atoms with Crippen molar-refractivity contribution in [1.29, 1.82) is 0 Å². The number of thioether (sulfide) groups is 1. The molecule has 0 saturated heterocycles. The minimum Gasteiger partial charge on any atom is -0.351 e. The molecule has 0 unspecified atom stereocenters. The molecule has 124 valence electrons. The smallest absolute Gasteiger partial charge is 0.230 e. The predicted octanol–water partition coefficient (Wildman–Crippen LogP) is 3.19. The molecular formula is C17H24N4OS. The van der Waals surface area contributed by atoms with Crippen LogP contribution in [0.5, 0.6) is 0 Å². The number of amides is 1. The van der Waals surface area contributed by atoms with Crippen molar-refractivity contribution in [2.45, 2.75) is 52.4 Å². The van der Waals surface area contributed by atoms with E-state index in [-0.39, 0.29) is 11.9 Å². The highest BCUT2D eigenvalue weighted by atomic mass is 32.2. The van der Waals surface area contributed by atoms with Crippen molar-refractivity contribution in [3.05, 3.63) is 40.7 Å². The molecule has 0 fully saturated rings. The highest BCUT2D eigenvalue weighted by Gasteiger charge is 2.11. The Bertz CT molecular complexity index is 671. The molecule has 1 amide bonds. The third-order valence-electron chi connectivity index (χ3n) is 3.73. The second-order valence-corrected chi connectivity index (χ2v) is 7.00. The summed E-state index contributed by atoms with van der Waals surface area (Å²) in [5, 5.41) is 11.7. The average molecular weight is 332 g/mol. The number of hydrogen-bond donors (Lipinski definition) is 1. The van der Waals surface area contributed by atoms with E-state index in [4.69, 9.17) is 0 Å². The molecule has 2 aromatic rings. The van der Waals surface area contributed by atoms with Crippen LogP contribution < -0.4 is 5.32 Å². The van der Waals surface area contributed by atoms with Crippen LogP contribution in [-0.2, 0) is 11.3 Å². The molecule has 0 aliphatic carbocycles. The zero-order valence-electron chi connectivity index (χ0n) is 14.4. The number of nitrogens with one attached hydrogen (secondary N) is 1. The zero-order chi connectivity index (χ0) is 17.0. The monoisotopic (exact) mass is 332 g/mol. The van der Waals surface area contributed by atoms with Gasteiger partial charge in [0.15, 0.2) is 5.16 Å². The van der Waals surface area contributed by atoms with E-state index in [9.17, 15) is 4.79 Å². The van der Waals surface area contributed by atoms with Gasteiger partial charge in [-0.25, -0.2) is 0 Å². The number of nitrogens with zero attached hydrogens (tertiary/aromatic N) is 3. The van der Waals surface area contributed by atoms with E-state index >= 15 is 0 Å². The summed E-state index contributed by atoms with van der Waals surface area (Å²) in [6.45, 7) is 11.0. The van der Waals surface area contributed by atoms with Crippen molar-refractivity contribution >= 4 is 17.7 Å². The lowest BCUT2D eigenvalue weighted by Gasteiger charge is -2.13. The van der Waals surface area contributed by atoms with Gasteiger partial charge in [-0.1, -0.05) is 29.5 Å². The molecule has 0 atom stereocenters. The third-order valence-corrected chi connectivity index (χ3v) is 4.69. The van der Waals surface area contributed by atoms with Crippen LogP contribution in [0.15, 0.2) is 23.6 Å². The Hall–Kier alpha value is -1.82. The lowest BCUT2D eigenvalue weighted by molar-refractivity contribution is -0.118. The second-order valence-electron chi connectivity index (χ2n) is 6.06. The molecule has 0 saturated carbocycles. The molecule has 6 heteroatoms. The van der Waals surface area contributed by atoms with E-state index < -0.39 is 0 Å². The van der Waals surface area contributed by atoms with Crippen molar-refractivity contribution in [3.8, 4) is 0 Å². The number of carbonyl (C=O) groups is 1. The maximum atomic E-state index is 12.1. The number of hydrogen-bond acceptors (Lipinski definition) is 4. The SMILES string of the molecule is Cc1cc(C)c(CNC(=O)CSc2nncn2C(C)C)c(C)c1. The highest BCUT2D eigenvalue weighted by Crippen LogP contribution is 2.19. The fraction of sp³-hybridized carbons (Fsp3) is 0.471. The van der Waals surface area contributed by atoms with E-state index in [0.29, 0.717) is 12.3 Å². The first-order valence-corrected chi connectivity index (χ1v) is 8.72.